The molecule has 1 atom stereocenters. The molecule has 39 heavy (non-hydrogen) atoms. The molecule has 3 rings (SSSR count). The summed E-state index contributed by atoms with van der Waals surface area (Å²) in [5.41, 5.74) is 4.50. The maximum absolute atomic E-state index is 12.7. The Morgan fingerprint density at radius 2 is 1.69 bits per heavy atom. The van der Waals surface area contributed by atoms with Crippen LogP contribution in [0.1, 0.15) is 48.6 Å². The molecule has 0 spiro atoms. The van der Waals surface area contributed by atoms with Crippen molar-refractivity contribution in [3.8, 4) is 5.75 Å². The Bertz CT molecular complexity index is 1460. The third-order valence-electron chi connectivity index (χ3n) is 5.61. The smallest absolute Gasteiger partial charge is 0.281 e. The average molecular weight is 567 g/mol. The summed E-state index contributed by atoms with van der Waals surface area (Å²) in [6.45, 7) is 11.1. The van der Waals surface area contributed by atoms with Gasteiger partial charge in [-0.15, -0.1) is 11.3 Å². The molecule has 0 bridgehead atoms. The number of amides is 2. The van der Waals surface area contributed by atoms with Gasteiger partial charge in [0, 0.05) is 22.7 Å². The summed E-state index contributed by atoms with van der Waals surface area (Å²) >= 11 is 7.38. The van der Waals surface area contributed by atoms with Gasteiger partial charge in [-0.05, 0) is 82.3 Å². The molecule has 0 aliphatic rings. The second-order valence-corrected chi connectivity index (χ2v) is 10.7. The second-order valence-electron chi connectivity index (χ2n) is 9.13. The van der Waals surface area contributed by atoms with Gasteiger partial charge in [0.2, 0.25) is 0 Å². The number of benzene rings is 2. The van der Waals surface area contributed by atoms with Gasteiger partial charge in [0.05, 0.1) is 15.9 Å². The molecule has 2 aromatic carbocycles. The molecule has 1 heterocycles. The van der Waals surface area contributed by atoms with E-state index in [2.05, 4.69) is 27.7 Å². The Morgan fingerprint density at radius 3 is 2.31 bits per heavy atom. The molecule has 1 aromatic heterocycles. The highest BCUT2D eigenvalue weighted by molar-refractivity contribution is 7.09. The first kappa shape index (κ1) is 29.8. The van der Waals surface area contributed by atoms with Gasteiger partial charge < -0.3 is 4.74 Å². The van der Waals surface area contributed by atoms with Crippen LogP contribution in [0.3, 0.4) is 0 Å². The molecular weight excluding hydrogens is 536 g/mol. The lowest BCUT2D eigenvalue weighted by atomic mass is 10.0. The molecule has 0 saturated heterocycles. The van der Waals surface area contributed by atoms with Crippen LogP contribution in [0, 0.1) is 0 Å². The minimum Gasteiger partial charge on any atom is -0.478 e. The number of ketones is 1. The van der Waals surface area contributed by atoms with Gasteiger partial charge in [0.1, 0.15) is 10.8 Å². The minimum atomic E-state index is -1.31. The lowest BCUT2D eigenvalue weighted by Gasteiger charge is -2.26. The number of hydrogen-bond donors (Lipinski definition) is 3. The molecular formula is C29H31ClN4O4S. The summed E-state index contributed by atoms with van der Waals surface area (Å²) in [4.78, 5) is 42.3. The Morgan fingerprint density at radius 1 is 1.08 bits per heavy atom. The first-order valence-corrected chi connectivity index (χ1v) is 13.4. The van der Waals surface area contributed by atoms with Gasteiger partial charge >= 0.3 is 0 Å². The van der Waals surface area contributed by atoms with Crippen LogP contribution in [0.5, 0.6) is 5.75 Å². The molecule has 2 amide bonds. The lowest BCUT2D eigenvalue weighted by Crippen LogP contribution is -2.56. The highest BCUT2D eigenvalue weighted by Gasteiger charge is 2.31. The standard InChI is InChI=1S/C29H31ClN4O4S/c1-6-7-8-24-18(2)32-25(39-24)17-31-19(3)27(36)33-34-28(37)29(4,5)38-23-15-11-21(12-16-23)26(35)20-9-13-22(30)14-10-20/h6-16,19,31H,2,17H2,1,3-5H3,(H,33,36)(H,34,37)/b7-6-,24-8+. The summed E-state index contributed by atoms with van der Waals surface area (Å²) in [6.07, 6.45) is 5.78. The predicted molar refractivity (Wildman–Crippen MR) is 155 cm³/mol. The fraction of sp³-hybridized carbons (Fsp3) is 0.241. The summed E-state index contributed by atoms with van der Waals surface area (Å²) in [6, 6.07) is 12.5. The number of carbonyl (C=O) groups excluding carboxylic acids is 3. The molecule has 3 N–H and O–H groups in total. The molecule has 1 unspecified atom stereocenters. The number of halogens is 1. The number of ether oxygens (including phenoxy) is 1. The van der Waals surface area contributed by atoms with E-state index in [1.165, 1.54) is 11.3 Å². The van der Waals surface area contributed by atoms with Crippen LogP contribution in [0.2, 0.25) is 5.02 Å². The highest BCUT2D eigenvalue weighted by atomic mass is 35.5. The molecule has 0 radical (unpaired) electrons. The van der Waals surface area contributed by atoms with Crippen molar-refractivity contribution in [1.82, 2.24) is 21.2 Å². The zero-order chi connectivity index (χ0) is 28.6. The highest BCUT2D eigenvalue weighted by Crippen LogP contribution is 2.21. The van der Waals surface area contributed by atoms with Crippen molar-refractivity contribution in [2.75, 3.05) is 0 Å². The van der Waals surface area contributed by atoms with E-state index in [1.807, 2.05) is 25.2 Å². The number of rotatable bonds is 10. The van der Waals surface area contributed by atoms with Crippen molar-refractivity contribution >= 4 is 53.2 Å². The Balaban J connectivity index is 1.50. The van der Waals surface area contributed by atoms with E-state index < -0.39 is 23.5 Å². The maximum Gasteiger partial charge on any atom is 0.281 e. The topological polar surface area (TPSA) is 109 Å². The lowest BCUT2D eigenvalue weighted by molar-refractivity contribution is -0.138. The summed E-state index contributed by atoms with van der Waals surface area (Å²) in [5.74, 6) is -0.732. The molecule has 3 aromatic rings. The number of hydrazine groups is 1. The molecule has 0 aliphatic carbocycles. The Hall–Kier alpha value is -3.79. The SMILES string of the molecule is C=c1nc(CNC(C)C(=O)NNC(=O)C(C)(C)Oc2ccc(C(=O)c3ccc(Cl)cc3)cc2)s/c1=C/C=C\C. The van der Waals surface area contributed by atoms with E-state index in [-0.39, 0.29) is 5.78 Å². The third-order valence-corrected chi connectivity index (χ3v) is 6.92. The maximum atomic E-state index is 12.7. The quantitative estimate of drug-likeness (QED) is 0.257. The second kappa shape index (κ2) is 13.3. The number of carbonyl (C=O) groups is 3. The van der Waals surface area contributed by atoms with Crippen molar-refractivity contribution < 1.29 is 19.1 Å². The van der Waals surface area contributed by atoms with Crippen LogP contribution in [-0.2, 0) is 16.1 Å². The molecule has 10 heteroatoms. The number of allylic oxidation sites excluding steroid dienone is 2. The van der Waals surface area contributed by atoms with Crippen molar-refractivity contribution in [3.63, 3.8) is 0 Å². The fourth-order valence-electron chi connectivity index (χ4n) is 3.30. The van der Waals surface area contributed by atoms with Crippen LogP contribution < -0.4 is 30.8 Å². The third kappa shape index (κ3) is 8.35. The van der Waals surface area contributed by atoms with Crippen molar-refractivity contribution in [2.24, 2.45) is 0 Å². The van der Waals surface area contributed by atoms with Crippen LogP contribution in [0.25, 0.3) is 12.7 Å². The van der Waals surface area contributed by atoms with Gasteiger partial charge in [-0.1, -0.05) is 30.3 Å². The number of thiazole rings is 1. The van der Waals surface area contributed by atoms with Gasteiger partial charge in [-0.3, -0.25) is 30.6 Å². The van der Waals surface area contributed by atoms with E-state index in [0.29, 0.717) is 33.8 Å². The normalized spacial score (nSPS) is 12.8. The largest absolute Gasteiger partial charge is 0.478 e. The molecule has 0 aliphatic heterocycles. The van der Waals surface area contributed by atoms with E-state index in [1.54, 1.807) is 69.3 Å². The zero-order valence-electron chi connectivity index (χ0n) is 22.2. The number of hydrogen-bond acceptors (Lipinski definition) is 7. The van der Waals surface area contributed by atoms with Gasteiger partial charge in [-0.2, -0.15) is 0 Å². The first-order chi connectivity index (χ1) is 18.5. The number of aromatic nitrogens is 1. The average Bonchev–Trinajstić information content (AvgIpc) is 3.28. The summed E-state index contributed by atoms with van der Waals surface area (Å²) in [7, 11) is 0. The molecule has 0 saturated carbocycles. The fourth-order valence-corrected chi connectivity index (χ4v) is 4.30. The van der Waals surface area contributed by atoms with E-state index in [0.717, 1.165) is 9.54 Å². The van der Waals surface area contributed by atoms with Crippen molar-refractivity contribution in [2.45, 2.75) is 45.9 Å². The summed E-state index contributed by atoms with van der Waals surface area (Å²) in [5, 5.41) is 5.12. The van der Waals surface area contributed by atoms with Gasteiger partial charge in [-0.25, -0.2) is 4.98 Å². The van der Waals surface area contributed by atoms with Crippen molar-refractivity contribution in [3.05, 3.63) is 91.7 Å². The van der Waals surface area contributed by atoms with Crippen LogP contribution in [0.4, 0.5) is 0 Å². The monoisotopic (exact) mass is 566 g/mol. The van der Waals surface area contributed by atoms with Crippen LogP contribution in [-0.4, -0.2) is 34.2 Å². The van der Waals surface area contributed by atoms with Gasteiger partial charge in [0.25, 0.3) is 11.8 Å². The zero-order valence-corrected chi connectivity index (χ0v) is 23.8. The predicted octanol–water partition coefficient (Wildman–Crippen LogP) is 3.28. The molecule has 204 valence electrons. The summed E-state index contributed by atoms with van der Waals surface area (Å²) < 4.78 is 6.79. The number of nitrogens with one attached hydrogen (secondary N) is 3. The molecule has 8 nitrogen and oxygen atoms in total. The van der Waals surface area contributed by atoms with E-state index in [9.17, 15) is 14.4 Å². The van der Waals surface area contributed by atoms with Gasteiger partial charge in [0.15, 0.2) is 11.4 Å². The Kier molecular flexibility index (Phi) is 10.2. The van der Waals surface area contributed by atoms with E-state index >= 15 is 0 Å². The van der Waals surface area contributed by atoms with Crippen LogP contribution >= 0.6 is 22.9 Å². The van der Waals surface area contributed by atoms with E-state index in [4.69, 9.17) is 16.3 Å². The first-order valence-electron chi connectivity index (χ1n) is 12.2. The van der Waals surface area contributed by atoms with Crippen LogP contribution in [0.15, 0.2) is 60.7 Å². The Labute approximate surface area is 236 Å². The minimum absolute atomic E-state index is 0.158. The van der Waals surface area contributed by atoms with Crippen molar-refractivity contribution in [1.29, 1.82) is 0 Å². The number of nitrogens with zero attached hydrogens (tertiary/aromatic N) is 1. The molecule has 0 fully saturated rings.